The molecular formula is C11H14O2Zn. The Morgan fingerprint density at radius 2 is 2.00 bits per heavy atom. The van der Waals surface area contributed by atoms with Crippen LogP contribution in [0.3, 0.4) is 0 Å². The van der Waals surface area contributed by atoms with Gasteiger partial charge in [-0.3, -0.25) is 0 Å². The summed E-state index contributed by atoms with van der Waals surface area (Å²) in [6.07, 6.45) is 3.00. The van der Waals surface area contributed by atoms with Crippen molar-refractivity contribution in [2.45, 2.75) is 26.2 Å². The van der Waals surface area contributed by atoms with Gasteiger partial charge in [-0.2, -0.15) is 0 Å². The topological polar surface area (TPSA) is 37.3 Å². The van der Waals surface area contributed by atoms with Crippen LogP contribution in [0.5, 0.6) is 0 Å². The van der Waals surface area contributed by atoms with Gasteiger partial charge in [0.2, 0.25) is 0 Å². The first-order valence-electron chi connectivity index (χ1n) is 4.57. The number of benzene rings is 1. The van der Waals surface area contributed by atoms with E-state index in [-0.39, 0.29) is 19.5 Å². The zero-order valence-corrected chi connectivity index (χ0v) is 11.5. The number of aryl methyl sites for hydroxylation is 1. The molecular weight excluding hydrogens is 230 g/mol. The molecule has 0 aliphatic carbocycles. The Kier molecular flexibility index (Phi) is 6.39. The average molecular weight is 244 g/mol. The van der Waals surface area contributed by atoms with Gasteiger partial charge in [-0.05, 0) is 24.5 Å². The molecule has 1 aromatic rings. The second kappa shape index (κ2) is 6.72. The molecule has 14 heavy (non-hydrogen) atoms. The van der Waals surface area contributed by atoms with Crippen molar-refractivity contribution in [2.24, 2.45) is 0 Å². The first-order chi connectivity index (χ1) is 6.25. The molecule has 0 aliphatic heterocycles. The summed E-state index contributed by atoms with van der Waals surface area (Å²) in [6.45, 7) is 2.10. The summed E-state index contributed by atoms with van der Waals surface area (Å²) in [5, 5.41) is 8.86. The third-order valence-corrected chi connectivity index (χ3v) is 2.05. The van der Waals surface area contributed by atoms with E-state index in [9.17, 15) is 4.79 Å². The normalized spacial score (nSPS) is 9.21. The number of carboxylic acid groups (broad SMARTS) is 1. The van der Waals surface area contributed by atoms with E-state index in [1.165, 1.54) is 0 Å². The molecule has 0 heterocycles. The third kappa shape index (κ3) is 3.59. The van der Waals surface area contributed by atoms with E-state index >= 15 is 0 Å². The molecule has 1 aromatic carbocycles. The molecule has 2 nitrogen and oxygen atoms in total. The zero-order chi connectivity index (χ0) is 9.68. The van der Waals surface area contributed by atoms with Crippen molar-refractivity contribution >= 4 is 5.97 Å². The average Bonchev–Trinajstić information content (AvgIpc) is 2.15. The van der Waals surface area contributed by atoms with Crippen LogP contribution < -0.4 is 0 Å². The Morgan fingerprint density at radius 1 is 1.36 bits per heavy atom. The predicted octanol–water partition coefficient (Wildman–Crippen LogP) is 2.72. The van der Waals surface area contributed by atoms with Crippen molar-refractivity contribution in [1.82, 2.24) is 0 Å². The van der Waals surface area contributed by atoms with Crippen LogP contribution in [-0.2, 0) is 25.9 Å². The van der Waals surface area contributed by atoms with Crippen LogP contribution in [0.1, 0.15) is 35.7 Å². The van der Waals surface area contributed by atoms with Gasteiger partial charge in [-0.15, -0.1) is 0 Å². The minimum Gasteiger partial charge on any atom is -0.478 e. The quantitative estimate of drug-likeness (QED) is 0.826. The van der Waals surface area contributed by atoms with Crippen molar-refractivity contribution < 1.29 is 29.4 Å². The summed E-state index contributed by atoms with van der Waals surface area (Å²) in [6, 6.07) is 7.20. The molecule has 0 atom stereocenters. The summed E-state index contributed by atoms with van der Waals surface area (Å²) >= 11 is 0. The van der Waals surface area contributed by atoms with Gasteiger partial charge in [-0.1, -0.05) is 31.5 Å². The molecule has 1 rings (SSSR count). The number of hydrogen-bond acceptors (Lipinski definition) is 1. The molecule has 0 unspecified atom stereocenters. The summed E-state index contributed by atoms with van der Waals surface area (Å²) in [7, 11) is 0. The van der Waals surface area contributed by atoms with Gasteiger partial charge >= 0.3 is 5.97 Å². The van der Waals surface area contributed by atoms with Crippen molar-refractivity contribution in [3.8, 4) is 0 Å². The molecule has 72 valence electrons. The Bertz CT molecular complexity index is 297. The molecule has 3 heteroatoms. The molecule has 1 N–H and O–H groups in total. The van der Waals surface area contributed by atoms with Gasteiger partial charge in [-0.25, -0.2) is 4.79 Å². The SMILES string of the molecule is CCCCc1ccccc1C(=O)O.[Zn]. The molecule has 0 aliphatic rings. The van der Waals surface area contributed by atoms with Crippen molar-refractivity contribution in [3.05, 3.63) is 35.4 Å². The smallest absolute Gasteiger partial charge is 0.335 e. The maximum atomic E-state index is 10.8. The molecule has 0 saturated carbocycles. The van der Waals surface area contributed by atoms with Gasteiger partial charge < -0.3 is 5.11 Å². The predicted molar refractivity (Wildman–Crippen MR) is 52.0 cm³/mol. The largest absolute Gasteiger partial charge is 0.478 e. The van der Waals surface area contributed by atoms with Gasteiger partial charge in [0, 0.05) is 19.5 Å². The molecule has 0 radical (unpaired) electrons. The zero-order valence-electron chi connectivity index (χ0n) is 8.49. The Balaban J connectivity index is 0.00000169. The second-order valence-corrected chi connectivity index (χ2v) is 3.07. The van der Waals surface area contributed by atoms with E-state index in [0.717, 1.165) is 24.8 Å². The fourth-order valence-electron chi connectivity index (χ4n) is 1.31. The van der Waals surface area contributed by atoms with Crippen LogP contribution >= 0.6 is 0 Å². The van der Waals surface area contributed by atoms with Gasteiger partial charge in [0.15, 0.2) is 0 Å². The number of unbranched alkanes of at least 4 members (excludes halogenated alkanes) is 1. The maximum Gasteiger partial charge on any atom is 0.335 e. The summed E-state index contributed by atoms with van der Waals surface area (Å²) in [5.74, 6) is -0.827. The van der Waals surface area contributed by atoms with Gasteiger partial charge in [0.05, 0.1) is 5.56 Å². The number of aromatic carboxylic acids is 1. The Hall–Kier alpha value is -0.687. The Labute approximate surface area is 97.1 Å². The van der Waals surface area contributed by atoms with Crippen molar-refractivity contribution in [3.63, 3.8) is 0 Å². The van der Waals surface area contributed by atoms with Crippen LogP contribution in [0.4, 0.5) is 0 Å². The monoisotopic (exact) mass is 242 g/mol. The summed E-state index contributed by atoms with van der Waals surface area (Å²) in [5.41, 5.74) is 1.38. The van der Waals surface area contributed by atoms with E-state index in [1.54, 1.807) is 12.1 Å². The van der Waals surface area contributed by atoms with Crippen LogP contribution in [0.15, 0.2) is 24.3 Å². The standard InChI is InChI=1S/C11H14O2.Zn/c1-2-3-6-9-7-4-5-8-10(9)11(12)13;/h4-5,7-8H,2-3,6H2,1H3,(H,12,13);. The number of hydrogen-bond donors (Lipinski definition) is 1. The van der Waals surface area contributed by atoms with Crippen molar-refractivity contribution in [1.29, 1.82) is 0 Å². The Morgan fingerprint density at radius 3 is 2.57 bits per heavy atom. The fraction of sp³-hybridized carbons (Fsp3) is 0.364. The third-order valence-electron chi connectivity index (χ3n) is 2.05. The maximum absolute atomic E-state index is 10.8. The van der Waals surface area contributed by atoms with Crippen molar-refractivity contribution in [2.75, 3.05) is 0 Å². The molecule has 0 fully saturated rings. The fourth-order valence-corrected chi connectivity index (χ4v) is 1.31. The van der Waals surface area contributed by atoms with Crippen LogP contribution in [0.2, 0.25) is 0 Å². The molecule has 0 saturated heterocycles. The first kappa shape index (κ1) is 13.3. The van der Waals surface area contributed by atoms with Gasteiger partial charge in [0.1, 0.15) is 0 Å². The number of rotatable bonds is 4. The first-order valence-corrected chi connectivity index (χ1v) is 4.57. The molecule has 0 amide bonds. The molecule has 0 aromatic heterocycles. The molecule has 0 spiro atoms. The van der Waals surface area contributed by atoms with Crippen LogP contribution in [0.25, 0.3) is 0 Å². The van der Waals surface area contributed by atoms with E-state index in [4.69, 9.17) is 5.11 Å². The minimum atomic E-state index is -0.827. The van der Waals surface area contributed by atoms with E-state index in [0.29, 0.717) is 5.56 Å². The van der Waals surface area contributed by atoms with E-state index < -0.39 is 5.97 Å². The van der Waals surface area contributed by atoms with E-state index in [1.807, 2.05) is 12.1 Å². The van der Waals surface area contributed by atoms with Gasteiger partial charge in [0.25, 0.3) is 0 Å². The number of carboxylic acids is 1. The molecule has 0 bridgehead atoms. The van der Waals surface area contributed by atoms with Crippen LogP contribution in [-0.4, -0.2) is 11.1 Å². The second-order valence-electron chi connectivity index (χ2n) is 3.07. The summed E-state index contributed by atoms with van der Waals surface area (Å²) < 4.78 is 0. The minimum absolute atomic E-state index is 0. The number of carbonyl (C=O) groups is 1. The summed E-state index contributed by atoms with van der Waals surface area (Å²) in [4.78, 5) is 10.8. The van der Waals surface area contributed by atoms with E-state index in [2.05, 4.69) is 6.92 Å². The van der Waals surface area contributed by atoms with Crippen LogP contribution in [0, 0.1) is 0 Å².